The van der Waals surface area contributed by atoms with Gasteiger partial charge >= 0.3 is 5.97 Å². The number of aliphatic carboxylic acids is 1. The van der Waals surface area contributed by atoms with E-state index in [0.29, 0.717) is 11.8 Å². The van der Waals surface area contributed by atoms with E-state index in [1.165, 1.54) is 0 Å². The summed E-state index contributed by atoms with van der Waals surface area (Å²) in [7, 11) is 0. The fourth-order valence-corrected chi connectivity index (χ4v) is 1.65. The smallest absolute Gasteiger partial charge is 0.306 e. The van der Waals surface area contributed by atoms with E-state index in [2.05, 4.69) is 20.8 Å². The number of hydrogen-bond donors (Lipinski definition) is 1. The number of hydrogen-bond acceptors (Lipinski definition) is 1. The van der Waals surface area contributed by atoms with Gasteiger partial charge < -0.3 is 5.11 Å². The lowest BCUT2D eigenvalue weighted by molar-refractivity contribution is -0.141. The fourth-order valence-electron chi connectivity index (χ4n) is 1.65. The zero-order chi connectivity index (χ0) is 10.4. The molecule has 0 aliphatic heterocycles. The molecule has 13 heavy (non-hydrogen) atoms. The molecular weight excluding hydrogens is 164 g/mol. The molecule has 0 heterocycles. The van der Waals surface area contributed by atoms with Crippen molar-refractivity contribution in [2.75, 3.05) is 0 Å². The molecule has 78 valence electrons. The molecule has 0 aromatic rings. The van der Waals surface area contributed by atoms with E-state index >= 15 is 0 Å². The van der Waals surface area contributed by atoms with Crippen molar-refractivity contribution < 1.29 is 9.90 Å². The summed E-state index contributed by atoms with van der Waals surface area (Å²) in [4.78, 5) is 10.7. The first-order valence-corrected chi connectivity index (χ1v) is 5.21. The van der Waals surface area contributed by atoms with Gasteiger partial charge in [-0.1, -0.05) is 40.5 Å². The molecule has 2 unspecified atom stereocenters. The lowest BCUT2D eigenvalue weighted by Crippen LogP contribution is -2.18. The van der Waals surface area contributed by atoms with Crippen LogP contribution in [0, 0.1) is 17.8 Å². The van der Waals surface area contributed by atoms with Crippen molar-refractivity contribution in [3.63, 3.8) is 0 Å². The van der Waals surface area contributed by atoms with E-state index in [4.69, 9.17) is 5.11 Å². The average Bonchev–Trinajstić information content (AvgIpc) is 2.03. The van der Waals surface area contributed by atoms with Crippen LogP contribution in [0.15, 0.2) is 0 Å². The number of carbonyl (C=O) groups is 1. The molecular formula is C11H22O2. The van der Waals surface area contributed by atoms with Crippen molar-refractivity contribution in [3.8, 4) is 0 Å². The van der Waals surface area contributed by atoms with Crippen LogP contribution in [0.1, 0.15) is 47.0 Å². The Balaban J connectivity index is 4.01. The van der Waals surface area contributed by atoms with Gasteiger partial charge in [-0.2, -0.15) is 0 Å². The number of carboxylic acid groups (broad SMARTS) is 1. The molecule has 2 nitrogen and oxygen atoms in total. The van der Waals surface area contributed by atoms with Crippen molar-refractivity contribution in [2.24, 2.45) is 17.8 Å². The molecule has 0 aromatic heterocycles. The molecule has 1 N–H and O–H groups in total. The normalized spacial score (nSPS) is 15.8. The first-order valence-electron chi connectivity index (χ1n) is 5.21. The lowest BCUT2D eigenvalue weighted by Gasteiger charge is -2.21. The van der Waals surface area contributed by atoms with Crippen LogP contribution in [0.25, 0.3) is 0 Å². The van der Waals surface area contributed by atoms with Crippen LogP contribution in [0.3, 0.4) is 0 Å². The van der Waals surface area contributed by atoms with Crippen molar-refractivity contribution in [1.82, 2.24) is 0 Å². The van der Waals surface area contributed by atoms with Gasteiger partial charge in [-0.3, -0.25) is 4.79 Å². The van der Waals surface area contributed by atoms with Crippen molar-refractivity contribution in [1.29, 1.82) is 0 Å². The first kappa shape index (κ1) is 12.5. The zero-order valence-electron chi connectivity index (χ0n) is 9.21. The monoisotopic (exact) mass is 186 g/mol. The van der Waals surface area contributed by atoms with Gasteiger partial charge in [-0.25, -0.2) is 0 Å². The van der Waals surface area contributed by atoms with Gasteiger partial charge in [0.25, 0.3) is 0 Å². The molecule has 0 saturated carbocycles. The van der Waals surface area contributed by atoms with Crippen molar-refractivity contribution >= 4 is 5.97 Å². The second-order valence-corrected chi connectivity index (χ2v) is 4.27. The largest absolute Gasteiger partial charge is 0.481 e. The molecule has 0 fully saturated rings. The summed E-state index contributed by atoms with van der Waals surface area (Å²) in [6, 6.07) is 0. The summed E-state index contributed by atoms with van der Waals surface area (Å²) in [6.45, 7) is 8.30. The predicted molar refractivity (Wildman–Crippen MR) is 54.7 cm³/mol. The van der Waals surface area contributed by atoms with Gasteiger partial charge in [0.1, 0.15) is 0 Å². The maximum atomic E-state index is 10.7. The molecule has 0 radical (unpaired) electrons. The molecule has 2 heteroatoms. The molecule has 0 aromatic carbocycles. The molecule has 0 bridgehead atoms. The Labute approximate surface area is 81.3 Å². The Kier molecular flexibility index (Phi) is 5.76. The van der Waals surface area contributed by atoms with E-state index in [-0.39, 0.29) is 5.92 Å². The zero-order valence-corrected chi connectivity index (χ0v) is 9.21. The minimum Gasteiger partial charge on any atom is -0.481 e. The highest BCUT2D eigenvalue weighted by Gasteiger charge is 2.19. The first-order chi connectivity index (χ1) is 5.99. The fraction of sp³-hybridized carbons (Fsp3) is 0.909. The highest BCUT2D eigenvalue weighted by molar-refractivity contribution is 5.69. The van der Waals surface area contributed by atoms with E-state index in [1.807, 2.05) is 0 Å². The third kappa shape index (κ3) is 4.91. The van der Waals surface area contributed by atoms with E-state index in [0.717, 1.165) is 19.3 Å². The Hall–Kier alpha value is -0.530. The molecule has 0 aliphatic carbocycles. The topological polar surface area (TPSA) is 37.3 Å². The van der Waals surface area contributed by atoms with Gasteiger partial charge in [-0.05, 0) is 18.3 Å². The summed E-state index contributed by atoms with van der Waals surface area (Å²) in [5.74, 6) is 0.304. The SMILES string of the molecule is CCCC(CC(C)C(=O)O)C(C)C. The van der Waals surface area contributed by atoms with Gasteiger partial charge in [0.15, 0.2) is 0 Å². The summed E-state index contributed by atoms with van der Waals surface area (Å²) in [6.07, 6.45) is 3.12. The van der Waals surface area contributed by atoms with Gasteiger partial charge in [-0.15, -0.1) is 0 Å². The van der Waals surface area contributed by atoms with Crippen molar-refractivity contribution in [3.05, 3.63) is 0 Å². The number of carboxylic acids is 1. The average molecular weight is 186 g/mol. The van der Waals surface area contributed by atoms with Gasteiger partial charge in [0, 0.05) is 0 Å². The predicted octanol–water partition coefficient (Wildman–Crippen LogP) is 3.17. The second-order valence-electron chi connectivity index (χ2n) is 4.27. The Bertz CT molecular complexity index is 152. The molecule has 2 atom stereocenters. The second kappa shape index (κ2) is 6.01. The van der Waals surface area contributed by atoms with Crippen LogP contribution in [0.2, 0.25) is 0 Å². The molecule has 0 saturated heterocycles. The molecule has 0 aliphatic rings. The number of rotatable bonds is 6. The van der Waals surface area contributed by atoms with E-state index < -0.39 is 5.97 Å². The van der Waals surface area contributed by atoms with Crippen LogP contribution < -0.4 is 0 Å². The standard InChI is InChI=1S/C11H22O2/c1-5-6-10(8(2)3)7-9(4)11(12)13/h8-10H,5-7H2,1-4H3,(H,12,13). The summed E-state index contributed by atoms with van der Waals surface area (Å²) in [5.41, 5.74) is 0. The van der Waals surface area contributed by atoms with Gasteiger partial charge in [0.2, 0.25) is 0 Å². The molecule has 0 amide bonds. The maximum absolute atomic E-state index is 10.7. The van der Waals surface area contributed by atoms with Gasteiger partial charge in [0.05, 0.1) is 5.92 Å². The van der Waals surface area contributed by atoms with Crippen LogP contribution in [0.4, 0.5) is 0 Å². The highest BCUT2D eigenvalue weighted by Crippen LogP contribution is 2.24. The molecule has 0 spiro atoms. The summed E-state index contributed by atoms with van der Waals surface area (Å²) in [5, 5.41) is 8.78. The Morgan fingerprint density at radius 1 is 1.31 bits per heavy atom. The quantitative estimate of drug-likeness (QED) is 0.691. The van der Waals surface area contributed by atoms with Crippen LogP contribution in [0.5, 0.6) is 0 Å². The van der Waals surface area contributed by atoms with E-state index in [9.17, 15) is 4.79 Å². The lowest BCUT2D eigenvalue weighted by atomic mass is 9.84. The molecule has 0 rings (SSSR count). The minimum atomic E-state index is -0.665. The van der Waals surface area contributed by atoms with Crippen LogP contribution >= 0.6 is 0 Å². The van der Waals surface area contributed by atoms with Crippen LogP contribution in [-0.4, -0.2) is 11.1 Å². The Morgan fingerprint density at radius 3 is 2.15 bits per heavy atom. The minimum absolute atomic E-state index is 0.195. The third-order valence-electron chi connectivity index (χ3n) is 2.68. The summed E-state index contributed by atoms with van der Waals surface area (Å²) >= 11 is 0. The summed E-state index contributed by atoms with van der Waals surface area (Å²) < 4.78 is 0. The van der Waals surface area contributed by atoms with Crippen molar-refractivity contribution in [2.45, 2.75) is 47.0 Å². The van der Waals surface area contributed by atoms with Crippen LogP contribution in [-0.2, 0) is 4.79 Å². The third-order valence-corrected chi connectivity index (χ3v) is 2.68. The highest BCUT2D eigenvalue weighted by atomic mass is 16.4. The maximum Gasteiger partial charge on any atom is 0.306 e. The van der Waals surface area contributed by atoms with E-state index in [1.54, 1.807) is 6.92 Å². The Morgan fingerprint density at radius 2 is 1.85 bits per heavy atom.